The van der Waals surface area contributed by atoms with Gasteiger partial charge in [-0.2, -0.15) is 0 Å². The SMILES string of the molecule is C[O][Zr]([O]C)([O]C)[C]1=C(C)C(C)=C(C)C1(C)C.Cl.Cl. The Morgan fingerprint density at radius 1 is 0.789 bits per heavy atom. The van der Waals surface area contributed by atoms with Crippen LogP contribution in [0.2, 0.25) is 0 Å². The van der Waals surface area contributed by atoms with Crippen molar-refractivity contribution in [3.8, 4) is 0 Å². The molecule has 0 heterocycles. The smallest absolute Gasteiger partial charge is 0.147 e. The summed E-state index contributed by atoms with van der Waals surface area (Å²) in [7, 11) is 5.09. The van der Waals surface area contributed by atoms with Crippen molar-refractivity contribution in [2.24, 2.45) is 5.41 Å². The van der Waals surface area contributed by atoms with Crippen molar-refractivity contribution in [1.29, 1.82) is 0 Å². The summed E-state index contributed by atoms with van der Waals surface area (Å²) in [5.41, 5.74) is 4.00. The molecular weight excluding hydrogens is 366 g/mol. The van der Waals surface area contributed by atoms with E-state index in [0.717, 1.165) is 0 Å². The maximum Gasteiger partial charge on any atom is -0.147 e. The molecule has 0 amide bonds. The third-order valence-electron chi connectivity index (χ3n) is 4.17. The minimum Gasteiger partial charge on any atom is -0.147 e. The maximum absolute atomic E-state index is 5.70. The van der Waals surface area contributed by atoms with Gasteiger partial charge < -0.3 is 0 Å². The van der Waals surface area contributed by atoms with E-state index in [1.807, 2.05) is 0 Å². The third kappa shape index (κ3) is 3.36. The monoisotopic (exact) mass is 390 g/mol. The molecule has 1 aliphatic carbocycles. The van der Waals surface area contributed by atoms with Crippen LogP contribution in [0.1, 0.15) is 34.6 Å². The Kier molecular flexibility index (Phi) is 8.99. The van der Waals surface area contributed by atoms with Gasteiger partial charge in [0.05, 0.1) is 0 Å². The molecule has 0 N–H and O–H groups in total. The van der Waals surface area contributed by atoms with Crippen LogP contribution in [0.15, 0.2) is 20.0 Å². The molecule has 6 heteroatoms. The second-order valence-electron chi connectivity index (χ2n) is 5.04. The number of allylic oxidation sites excluding steroid dienone is 4. The quantitative estimate of drug-likeness (QED) is 0.713. The van der Waals surface area contributed by atoms with Crippen molar-refractivity contribution in [1.82, 2.24) is 0 Å². The first-order chi connectivity index (χ1) is 7.78. The molecule has 0 aromatic carbocycles. The molecule has 1 aliphatic rings. The summed E-state index contributed by atoms with van der Waals surface area (Å²) in [6, 6.07) is 0. The second kappa shape index (κ2) is 7.72. The zero-order valence-electron chi connectivity index (χ0n) is 13.0. The van der Waals surface area contributed by atoms with Crippen molar-refractivity contribution < 1.29 is 30.0 Å². The fourth-order valence-corrected chi connectivity index (χ4v) is 9.43. The minimum absolute atomic E-state index is 0. The molecule has 1 rings (SSSR count). The Balaban J connectivity index is 0. The van der Waals surface area contributed by atoms with Gasteiger partial charge in [0.15, 0.2) is 0 Å². The van der Waals surface area contributed by atoms with Crippen molar-refractivity contribution in [2.75, 3.05) is 21.3 Å². The van der Waals surface area contributed by atoms with Crippen molar-refractivity contribution in [2.45, 2.75) is 34.6 Å². The minimum atomic E-state index is -3.57. The standard InChI is InChI=1S/C10H15.3CH3O.2ClH.Zr/c1-7-6-10(4,5)9(3)8(7)2;3*1-2;;;/h1-5H3;3*1H3;2*1H;/q;3*-1;;;+3. The summed E-state index contributed by atoms with van der Waals surface area (Å²) in [4.78, 5) is 0. The second-order valence-corrected chi connectivity index (χ2v) is 12.0. The predicted octanol–water partition coefficient (Wildman–Crippen LogP) is 4.32. The average molecular weight is 392 g/mol. The maximum atomic E-state index is 5.70. The molecule has 0 unspecified atom stereocenters. The molecule has 0 fully saturated rings. The van der Waals surface area contributed by atoms with Gasteiger partial charge in [-0.3, -0.25) is 0 Å². The van der Waals surface area contributed by atoms with Crippen LogP contribution in [-0.2, 0) is 30.0 Å². The van der Waals surface area contributed by atoms with Gasteiger partial charge in [-0.15, -0.1) is 24.8 Å². The third-order valence-corrected chi connectivity index (χ3v) is 12.1. The largest absolute Gasteiger partial charge is 0.147 e. The molecule has 0 saturated carbocycles. The van der Waals surface area contributed by atoms with E-state index < -0.39 is 21.6 Å². The Hall–Kier alpha value is 0.823. The van der Waals surface area contributed by atoms with Crippen LogP contribution in [-0.4, -0.2) is 21.3 Å². The summed E-state index contributed by atoms with van der Waals surface area (Å²) < 4.78 is 18.4. The Labute approximate surface area is 135 Å². The first kappa shape index (κ1) is 22.1. The molecule has 3 nitrogen and oxygen atoms in total. The van der Waals surface area contributed by atoms with Crippen molar-refractivity contribution in [3.63, 3.8) is 0 Å². The molecule has 0 radical (unpaired) electrons. The van der Waals surface area contributed by atoms with E-state index in [1.54, 1.807) is 21.3 Å². The van der Waals surface area contributed by atoms with Crippen LogP contribution in [0.25, 0.3) is 0 Å². The van der Waals surface area contributed by atoms with Crippen LogP contribution in [0, 0.1) is 5.41 Å². The summed E-state index contributed by atoms with van der Waals surface area (Å²) in [6.07, 6.45) is 0. The zero-order valence-corrected chi connectivity index (χ0v) is 17.1. The van der Waals surface area contributed by atoms with Gasteiger partial charge in [0.2, 0.25) is 0 Å². The number of hydrogen-bond donors (Lipinski definition) is 0. The van der Waals surface area contributed by atoms with Gasteiger partial charge in [-0.1, -0.05) is 0 Å². The van der Waals surface area contributed by atoms with Gasteiger partial charge >= 0.3 is 111 Å². The molecule has 19 heavy (non-hydrogen) atoms. The topological polar surface area (TPSA) is 27.7 Å². The van der Waals surface area contributed by atoms with Gasteiger partial charge in [-0.05, 0) is 0 Å². The fraction of sp³-hybridized carbons (Fsp3) is 0.692. The molecule has 0 aromatic rings. The van der Waals surface area contributed by atoms with Gasteiger partial charge in [0.1, 0.15) is 0 Å². The Morgan fingerprint density at radius 2 is 1.16 bits per heavy atom. The summed E-state index contributed by atoms with van der Waals surface area (Å²) >= 11 is -3.57. The Morgan fingerprint density at radius 3 is 1.37 bits per heavy atom. The molecule has 0 atom stereocenters. The number of halogens is 2. The van der Waals surface area contributed by atoms with Crippen LogP contribution >= 0.6 is 24.8 Å². The molecule has 0 saturated heterocycles. The van der Waals surface area contributed by atoms with Crippen molar-refractivity contribution in [3.05, 3.63) is 20.0 Å². The van der Waals surface area contributed by atoms with E-state index in [2.05, 4.69) is 34.6 Å². The molecule has 114 valence electrons. The summed E-state index contributed by atoms with van der Waals surface area (Å²) in [5.74, 6) is 0. The molecular formula is C13H26Cl2O3Zr. The number of rotatable bonds is 4. The summed E-state index contributed by atoms with van der Waals surface area (Å²) in [5, 5.41) is 0. The zero-order chi connectivity index (χ0) is 13.4. The van der Waals surface area contributed by atoms with Crippen LogP contribution in [0.5, 0.6) is 0 Å². The van der Waals surface area contributed by atoms with E-state index in [9.17, 15) is 0 Å². The van der Waals surface area contributed by atoms with Gasteiger partial charge in [0, 0.05) is 0 Å². The van der Waals surface area contributed by atoms with E-state index in [4.69, 9.17) is 8.44 Å². The first-order valence-corrected chi connectivity index (χ1v) is 10.1. The Bertz CT molecular complexity index is 377. The molecule has 0 aliphatic heterocycles. The fourth-order valence-electron chi connectivity index (χ4n) is 2.76. The first-order valence-electron chi connectivity index (χ1n) is 5.84. The van der Waals surface area contributed by atoms with Crippen LogP contribution in [0.4, 0.5) is 0 Å². The van der Waals surface area contributed by atoms with Crippen LogP contribution in [0.3, 0.4) is 0 Å². The van der Waals surface area contributed by atoms with E-state index in [1.165, 1.54) is 20.0 Å². The molecule has 0 spiro atoms. The van der Waals surface area contributed by atoms with E-state index in [-0.39, 0.29) is 30.2 Å². The van der Waals surface area contributed by atoms with Crippen LogP contribution < -0.4 is 0 Å². The number of hydrogen-bond acceptors (Lipinski definition) is 3. The van der Waals surface area contributed by atoms with Gasteiger partial charge in [0.25, 0.3) is 0 Å². The molecule has 0 aromatic heterocycles. The van der Waals surface area contributed by atoms with E-state index >= 15 is 0 Å². The normalized spacial score (nSPS) is 18.3. The predicted molar refractivity (Wildman–Crippen MR) is 80.4 cm³/mol. The molecule has 0 bridgehead atoms. The van der Waals surface area contributed by atoms with E-state index in [0.29, 0.717) is 0 Å². The van der Waals surface area contributed by atoms with Crippen molar-refractivity contribution >= 4 is 24.8 Å². The summed E-state index contributed by atoms with van der Waals surface area (Å²) in [6.45, 7) is 10.9. The average Bonchev–Trinajstić information content (AvgIpc) is 2.46. The van der Waals surface area contributed by atoms with Gasteiger partial charge in [-0.25, -0.2) is 0 Å².